The van der Waals surface area contributed by atoms with Gasteiger partial charge in [0.2, 0.25) is 0 Å². The Bertz CT molecular complexity index is 1500. The summed E-state index contributed by atoms with van der Waals surface area (Å²) in [6, 6.07) is 29.4. The molecule has 0 atom stereocenters. The molecule has 1 amide bonds. The molecule has 0 radical (unpaired) electrons. The number of nitrogens with one attached hydrogen (secondary N) is 1. The zero-order valence-corrected chi connectivity index (χ0v) is 22.3. The zero-order chi connectivity index (χ0) is 24.5. The number of nitrogens with zero attached hydrogens (tertiary/aromatic N) is 3. The molecule has 0 saturated carbocycles. The summed E-state index contributed by atoms with van der Waals surface area (Å²) in [5, 5.41) is 7.96. The Morgan fingerprint density at radius 3 is 2.09 bits per heavy atom. The van der Waals surface area contributed by atoms with E-state index in [2.05, 4.69) is 73.8 Å². The number of carbonyl (C=O) groups is 1. The molecule has 0 spiro atoms. The third-order valence-electron chi connectivity index (χ3n) is 5.85. The van der Waals surface area contributed by atoms with Crippen molar-refractivity contribution in [3.63, 3.8) is 0 Å². The van der Waals surface area contributed by atoms with Crippen molar-refractivity contribution >= 4 is 43.6 Å². The van der Waals surface area contributed by atoms with Crippen LogP contribution in [0.4, 0.5) is 5.82 Å². The van der Waals surface area contributed by atoms with Gasteiger partial charge in [-0.25, -0.2) is 4.68 Å². The molecule has 174 valence electrons. The van der Waals surface area contributed by atoms with E-state index in [-0.39, 0.29) is 5.91 Å². The molecule has 0 aliphatic heterocycles. The number of para-hydroxylation sites is 1. The maximum atomic E-state index is 13.0. The van der Waals surface area contributed by atoms with Gasteiger partial charge in [-0.3, -0.25) is 4.79 Å². The van der Waals surface area contributed by atoms with Crippen LogP contribution < -0.4 is 5.32 Å². The third kappa shape index (κ3) is 4.74. The van der Waals surface area contributed by atoms with E-state index in [9.17, 15) is 4.79 Å². The van der Waals surface area contributed by atoms with Gasteiger partial charge in [0.25, 0.3) is 5.91 Å². The second-order valence-electron chi connectivity index (χ2n) is 8.22. The fourth-order valence-electron chi connectivity index (χ4n) is 4.17. The molecular formula is C28H22Br2N4O. The maximum Gasteiger partial charge on any atom is 0.256 e. The Morgan fingerprint density at radius 2 is 1.43 bits per heavy atom. The molecule has 0 fully saturated rings. The number of carbonyl (C=O) groups excluding carboxylic acids is 1. The summed E-state index contributed by atoms with van der Waals surface area (Å²) < 4.78 is 5.95. The average molecular weight is 590 g/mol. The van der Waals surface area contributed by atoms with Crippen molar-refractivity contribution in [3.05, 3.63) is 117 Å². The minimum atomic E-state index is -0.193. The van der Waals surface area contributed by atoms with Crippen LogP contribution in [0.1, 0.15) is 21.7 Å². The lowest BCUT2D eigenvalue weighted by atomic mass is 10.2. The van der Waals surface area contributed by atoms with Crippen LogP contribution in [0.25, 0.3) is 22.6 Å². The van der Waals surface area contributed by atoms with Crippen LogP contribution >= 0.6 is 31.9 Å². The quantitative estimate of drug-likeness (QED) is 0.228. The summed E-state index contributed by atoms with van der Waals surface area (Å²) in [6.45, 7) is 4.18. The van der Waals surface area contributed by atoms with Crippen LogP contribution in [0, 0.1) is 13.8 Å². The van der Waals surface area contributed by atoms with Crippen molar-refractivity contribution in [1.29, 1.82) is 0 Å². The summed E-state index contributed by atoms with van der Waals surface area (Å²) >= 11 is 6.93. The van der Waals surface area contributed by atoms with Gasteiger partial charge in [-0.15, -0.1) is 0 Å². The predicted octanol–water partition coefficient (Wildman–Crippen LogP) is 7.72. The van der Waals surface area contributed by atoms with Gasteiger partial charge < -0.3 is 9.88 Å². The van der Waals surface area contributed by atoms with Crippen molar-refractivity contribution in [3.8, 4) is 22.6 Å². The molecule has 2 heterocycles. The van der Waals surface area contributed by atoms with Crippen LogP contribution in [0.5, 0.6) is 0 Å². The van der Waals surface area contributed by atoms with E-state index in [0.717, 1.165) is 43.0 Å². The number of halogens is 2. The topological polar surface area (TPSA) is 51.9 Å². The minimum absolute atomic E-state index is 0.193. The largest absolute Gasteiger partial charge is 0.318 e. The van der Waals surface area contributed by atoms with E-state index >= 15 is 0 Å². The van der Waals surface area contributed by atoms with Crippen LogP contribution in [-0.4, -0.2) is 20.3 Å². The molecule has 0 aliphatic rings. The highest BCUT2D eigenvalue weighted by atomic mass is 79.9. The number of amides is 1. The van der Waals surface area contributed by atoms with Crippen molar-refractivity contribution in [2.24, 2.45) is 0 Å². The van der Waals surface area contributed by atoms with E-state index in [0.29, 0.717) is 11.4 Å². The highest BCUT2D eigenvalue weighted by Gasteiger charge is 2.19. The van der Waals surface area contributed by atoms with Crippen molar-refractivity contribution in [1.82, 2.24) is 14.3 Å². The molecule has 0 saturated heterocycles. The highest BCUT2D eigenvalue weighted by molar-refractivity contribution is 9.10. The first-order valence-electron chi connectivity index (χ1n) is 11.1. The number of hydrogen-bond acceptors (Lipinski definition) is 2. The van der Waals surface area contributed by atoms with Gasteiger partial charge in [0.05, 0.1) is 11.4 Å². The molecule has 2 aromatic heterocycles. The van der Waals surface area contributed by atoms with Gasteiger partial charge >= 0.3 is 0 Å². The van der Waals surface area contributed by atoms with Crippen LogP contribution in [0.15, 0.2) is 99.9 Å². The lowest BCUT2D eigenvalue weighted by Crippen LogP contribution is -2.15. The molecule has 35 heavy (non-hydrogen) atoms. The molecule has 3 aromatic carbocycles. The average Bonchev–Trinajstić information content (AvgIpc) is 3.40. The van der Waals surface area contributed by atoms with Gasteiger partial charge in [0.15, 0.2) is 0 Å². The van der Waals surface area contributed by atoms with Gasteiger partial charge in [0, 0.05) is 43.2 Å². The number of rotatable bonds is 5. The van der Waals surface area contributed by atoms with Gasteiger partial charge in [-0.05, 0) is 80.6 Å². The third-order valence-corrected chi connectivity index (χ3v) is 6.91. The molecule has 0 aliphatic carbocycles. The number of anilines is 1. The number of aryl methyl sites for hydroxylation is 1. The fourth-order valence-corrected chi connectivity index (χ4v) is 4.70. The standard InChI is InChI=1S/C28H22Br2N4O/c1-18-16-25(19(2)33(18)23-14-12-22(30)13-15-23)26-17-27(34(32-26)24-6-4-3-5-7-24)31-28(35)20-8-10-21(29)11-9-20/h3-17H,1-2H3,(H,31,35). The summed E-state index contributed by atoms with van der Waals surface area (Å²) in [5.74, 6) is 0.411. The van der Waals surface area contributed by atoms with Gasteiger partial charge in [0.1, 0.15) is 5.82 Å². The van der Waals surface area contributed by atoms with E-state index in [1.165, 1.54) is 0 Å². The molecule has 5 nitrogen and oxygen atoms in total. The molecule has 0 bridgehead atoms. The van der Waals surface area contributed by atoms with E-state index in [1.807, 2.05) is 60.7 Å². The van der Waals surface area contributed by atoms with E-state index in [1.54, 1.807) is 16.8 Å². The molecule has 5 rings (SSSR count). The summed E-state index contributed by atoms with van der Waals surface area (Å²) in [4.78, 5) is 13.0. The molecular weight excluding hydrogens is 568 g/mol. The van der Waals surface area contributed by atoms with Crippen molar-refractivity contribution < 1.29 is 4.79 Å². The number of hydrogen-bond donors (Lipinski definition) is 1. The first-order chi connectivity index (χ1) is 16.9. The first kappa shape index (κ1) is 23.3. The monoisotopic (exact) mass is 588 g/mol. The first-order valence-corrected chi connectivity index (χ1v) is 12.7. The Kier molecular flexibility index (Phi) is 6.45. The number of benzene rings is 3. The molecule has 5 aromatic rings. The van der Waals surface area contributed by atoms with Crippen LogP contribution in [-0.2, 0) is 0 Å². The highest BCUT2D eigenvalue weighted by Crippen LogP contribution is 2.32. The number of aromatic nitrogens is 3. The lowest BCUT2D eigenvalue weighted by molar-refractivity contribution is 0.102. The van der Waals surface area contributed by atoms with Crippen LogP contribution in [0.2, 0.25) is 0 Å². The van der Waals surface area contributed by atoms with Crippen LogP contribution in [0.3, 0.4) is 0 Å². The summed E-state index contributed by atoms with van der Waals surface area (Å²) in [6.07, 6.45) is 0. The Labute approximate surface area is 220 Å². The minimum Gasteiger partial charge on any atom is -0.318 e. The van der Waals surface area contributed by atoms with Crippen molar-refractivity contribution in [2.75, 3.05) is 5.32 Å². The molecule has 0 unspecified atom stereocenters. The van der Waals surface area contributed by atoms with E-state index < -0.39 is 0 Å². The SMILES string of the molecule is Cc1cc(-c2cc(NC(=O)c3ccc(Br)cc3)n(-c3ccccc3)n2)c(C)n1-c1ccc(Br)cc1. The zero-order valence-electron chi connectivity index (χ0n) is 19.2. The van der Waals surface area contributed by atoms with Crippen molar-refractivity contribution in [2.45, 2.75) is 13.8 Å². The second kappa shape index (κ2) is 9.68. The Balaban J connectivity index is 1.57. The van der Waals surface area contributed by atoms with Gasteiger partial charge in [-0.1, -0.05) is 50.1 Å². The Morgan fingerprint density at radius 1 is 0.800 bits per heavy atom. The second-order valence-corrected chi connectivity index (χ2v) is 10.1. The smallest absolute Gasteiger partial charge is 0.256 e. The molecule has 7 heteroatoms. The fraction of sp³-hybridized carbons (Fsp3) is 0.0714. The molecule has 1 N–H and O–H groups in total. The normalized spacial score (nSPS) is 11.0. The van der Waals surface area contributed by atoms with Gasteiger partial charge in [-0.2, -0.15) is 5.10 Å². The summed E-state index contributed by atoms with van der Waals surface area (Å²) in [5.41, 5.74) is 6.51. The van der Waals surface area contributed by atoms with E-state index in [4.69, 9.17) is 5.10 Å². The summed E-state index contributed by atoms with van der Waals surface area (Å²) in [7, 11) is 0. The maximum absolute atomic E-state index is 13.0. The predicted molar refractivity (Wildman–Crippen MR) is 148 cm³/mol. The lowest BCUT2D eigenvalue weighted by Gasteiger charge is -2.10. The Hall–Kier alpha value is -3.42.